The van der Waals surface area contributed by atoms with Crippen LogP contribution in [0.2, 0.25) is 0 Å². The molecule has 0 radical (unpaired) electrons. The molecule has 1 aromatic carbocycles. The quantitative estimate of drug-likeness (QED) is 0.794. The first kappa shape index (κ1) is 15.1. The summed E-state index contributed by atoms with van der Waals surface area (Å²) in [5, 5.41) is 0. The van der Waals surface area contributed by atoms with Gasteiger partial charge in [-0.1, -0.05) is 13.8 Å². The molecule has 2 aromatic rings. The first-order valence-electron chi connectivity index (χ1n) is 7.18. The minimum Gasteiger partial charge on any atom is -0.497 e. The van der Waals surface area contributed by atoms with Gasteiger partial charge in [-0.3, -0.25) is 0 Å². The highest BCUT2D eigenvalue weighted by Crippen LogP contribution is 2.20. The maximum atomic E-state index is 5.43. The fraction of sp³-hybridized carbons (Fsp3) is 0.533. The largest absolute Gasteiger partial charge is 0.497 e. The lowest BCUT2D eigenvalue weighted by atomic mass is 10.3. The van der Waals surface area contributed by atoms with E-state index in [-0.39, 0.29) is 0 Å². The number of aromatic nitrogens is 2. The number of hydrogen-bond acceptors (Lipinski definition) is 3. The molecule has 0 aliphatic heterocycles. The Morgan fingerprint density at radius 3 is 2.75 bits per heavy atom. The van der Waals surface area contributed by atoms with Crippen LogP contribution < -0.4 is 4.74 Å². The van der Waals surface area contributed by atoms with Crippen LogP contribution in [0.25, 0.3) is 11.0 Å². The Labute approximate surface area is 125 Å². The van der Waals surface area contributed by atoms with E-state index in [0.717, 1.165) is 47.7 Å². The van der Waals surface area contributed by atoms with Crippen molar-refractivity contribution in [1.82, 2.24) is 14.5 Å². The lowest BCUT2D eigenvalue weighted by molar-refractivity contribution is 0.277. The summed E-state index contributed by atoms with van der Waals surface area (Å²) in [7, 11) is 1.69. The Bertz CT molecular complexity index is 617. The topological polar surface area (TPSA) is 33.2 Å². The normalized spacial score (nSPS) is 11.4. The number of hydrogen-bond donors (Lipinski definition) is 1. The number of ether oxygens (including phenoxy) is 1. The summed E-state index contributed by atoms with van der Waals surface area (Å²) in [4.78, 5) is 5.70. The van der Waals surface area contributed by atoms with Gasteiger partial charge in [0.05, 0.1) is 18.1 Å². The zero-order valence-electron chi connectivity index (χ0n) is 12.5. The molecule has 110 valence electrons. The van der Waals surface area contributed by atoms with E-state index >= 15 is 0 Å². The number of nitrogens with one attached hydrogen (secondary N) is 1. The van der Waals surface area contributed by atoms with E-state index in [1.54, 1.807) is 7.11 Å². The molecule has 0 atom stereocenters. The minimum absolute atomic E-state index is 0.779. The van der Waals surface area contributed by atoms with Crippen molar-refractivity contribution in [2.24, 2.45) is 0 Å². The lowest BCUT2D eigenvalue weighted by Gasteiger charge is -2.19. The van der Waals surface area contributed by atoms with Crippen LogP contribution in [0.1, 0.15) is 20.3 Å². The number of aromatic amines is 1. The molecule has 0 fully saturated rings. The van der Waals surface area contributed by atoms with Crippen molar-refractivity contribution in [3.05, 3.63) is 23.0 Å². The lowest BCUT2D eigenvalue weighted by Crippen LogP contribution is -2.28. The van der Waals surface area contributed by atoms with Crippen LogP contribution in [0.3, 0.4) is 0 Å². The van der Waals surface area contributed by atoms with Crippen molar-refractivity contribution >= 4 is 23.3 Å². The highest BCUT2D eigenvalue weighted by molar-refractivity contribution is 7.71. The number of benzene rings is 1. The summed E-state index contributed by atoms with van der Waals surface area (Å²) in [5.74, 6) is 0.862. The van der Waals surface area contributed by atoms with Gasteiger partial charge in [-0.15, -0.1) is 0 Å². The molecule has 2 rings (SSSR count). The monoisotopic (exact) mass is 293 g/mol. The molecule has 0 amide bonds. The Kier molecular flexibility index (Phi) is 5.20. The van der Waals surface area contributed by atoms with Crippen molar-refractivity contribution in [2.75, 3.05) is 26.7 Å². The van der Waals surface area contributed by atoms with Crippen molar-refractivity contribution in [3.8, 4) is 5.75 Å². The average molecular weight is 293 g/mol. The van der Waals surface area contributed by atoms with Gasteiger partial charge in [0, 0.05) is 19.2 Å². The van der Waals surface area contributed by atoms with E-state index in [2.05, 4.69) is 28.3 Å². The number of fused-ring (bicyclic) bond motifs is 1. The number of rotatable bonds is 7. The summed E-state index contributed by atoms with van der Waals surface area (Å²) in [6, 6.07) is 6.01. The van der Waals surface area contributed by atoms with E-state index < -0.39 is 0 Å². The van der Waals surface area contributed by atoms with Crippen LogP contribution in [-0.2, 0) is 6.54 Å². The van der Waals surface area contributed by atoms with Gasteiger partial charge in [-0.05, 0) is 43.9 Å². The van der Waals surface area contributed by atoms with Gasteiger partial charge in [0.1, 0.15) is 5.75 Å². The first-order chi connectivity index (χ1) is 9.69. The molecule has 4 nitrogen and oxygen atoms in total. The zero-order valence-corrected chi connectivity index (χ0v) is 13.3. The summed E-state index contributed by atoms with van der Waals surface area (Å²) in [6.07, 6.45) is 1.18. The maximum Gasteiger partial charge on any atom is 0.178 e. The molecule has 0 aliphatic carbocycles. The van der Waals surface area contributed by atoms with Gasteiger partial charge < -0.3 is 19.2 Å². The molecule has 1 aromatic heterocycles. The van der Waals surface area contributed by atoms with Gasteiger partial charge in [-0.2, -0.15) is 0 Å². The van der Waals surface area contributed by atoms with Crippen LogP contribution in [-0.4, -0.2) is 41.2 Å². The summed E-state index contributed by atoms with van der Waals surface area (Å²) >= 11 is 5.43. The Morgan fingerprint density at radius 2 is 2.10 bits per heavy atom. The van der Waals surface area contributed by atoms with Crippen LogP contribution in [0.5, 0.6) is 5.75 Å². The molecule has 20 heavy (non-hydrogen) atoms. The molecule has 0 unspecified atom stereocenters. The Hall–Kier alpha value is -1.33. The Morgan fingerprint density at radius 1 is 1.30 bits per heavy atom. The predicted molar refractivity (Wildman–Crippen MR) is 86.1 cm³/mol. The minimum atomic E-state index is 0.779. The molecule has 1 heterocycles. The summed E-state index contributed by atoms with van der Waals surface area (Å²) in [6.45, 7) is 8.54. The SMILES string of the molecule is CCCN(CC)CCn1c(=S)[nH]c2ccc(OC)cc21. The number of methoxy groups -OCH3 is 1. The smallest absolute Gasteiger partial charge is 0.178 e. The fourth-order valence-electron chi connectivity index (χ4n) is 2.47. The third kappa shape index (κ3) is 3.22. The van der Waals surface area contributed by atoms with Crippen molar-refractivity contribution < 1.29 is 4.74 Å². The molecule has 0 saturated carbocycles. The Balaban J connectivity index is 2.24. The fourth-order valence-corrected chi connectivity index (χ4v) is 2.77. The molecular formula is C15H23N3OS. The average Bonchev–Trinajstić information content (AvgIpc) is 2.78. The van der Waals surface area contributed by atoms with Gasteiger partial charge in [0.2, 0.25) is 0 Å². The molecule has 0 aliphatic rings. The third-order valence-corrected chi connectivity index (χ3v) is 3.93. The van der Waals surface area contributed by atoms with Crippen molar-refractivity contribution in [2.45, 2.75) is 26.8 Å². The zero-order chi connectivity index (χ0) is 14.5. The summed E-state index contributed by atoms with van der Waals surface area (Å²) in [5.41, 5.74) is 2.18. The maximum absolute atomic E-state index is 5.43. The van der Waals surface area contributed by atoms with E-state index in [1.807, 2.05) is 18.2 Å². The van der Waals surface area contributed by atoms with Gasteiger partial charge in [0.15, 0.2) is 4.77 Å². The van der Waals surface area contributed by atoms with E-state index in [0.29, 0.717) is 0 Å². The van der Waals surface area contributed by atoms with Crippen molar-refractivity contribution in [3.63, 3.8) is 0 Å². The van der Waals surface area contributed by atoms with Crippen LogP contribution in [0.15, 0.2) is 18.2 Å². The molecule has 0 bridgehead atoms. The van der Waals surface area contributed by atoms with Crippen molar-refractivity contribution in [1.29, 1.82) is 0 Å². The molecule has 5 heteroatoms. The number of imidazole rings is 1. The van der Waals surface area contributed by atoms with Crippen LogP contribution in [0.4, 0.5) is 0 Å². The molecule has 1 N–H and O–H groups in total. The highest BCUT2D eigenvalue weighted by Gasteiger charge is 2.07. The molecular weight excluding hydrogens is 270 g/mol. The van der Waals surface area contributed by atoms with Gasteiger partial charge in [-0.25, -0.2) is 0 Å². The number of likely N-dealkylation sites (N-methyl/N-ethyl adjacent to an activating group) is 1. The molecule has 0 spiro atoms. The van der Waals surface area contributed by atoms with E-state index in [4.69, 9.17) is 17.0 Å². The second-order valence-corrected chi connectivity index (χ2v) is 5.29. The standard InChI is InChI=1S/C15H23N3OS/c1-4-8-17(5-2)9-10-18-14-11-12(19-3)6-7-13(14)16-15(18)20/h6-7,11H,4-5,8-10H2,1-3H3,(H,16,20). The second kappa shape index (κ2) is 6.90. The van der Waals surface area contributed by atoms with Gasteiger partial charge >= 0.3 is 0 Å². The van der Waals surface area contributed by atoms with Crippen LogP contribution >= 0.6 is 12.2 Å². The van der Waals surface area contributed by atoms with Crippen LogP contribution in [0, 0.1) is 4.77 Å². The van der Waals surface area contributed by atoms with E-state index in [9.17, 15) is 0 Å². The van der Waals surface area contributed by atoms with E-state index in [1.165, 1.54) is 6.42 Å². The molecule has 0 saturated heterocycles. The predicted octanol–water partition coefficient (Wildman–Crippen LogP) is 3.44. The highest BCUT2D eigenvalue weighted by atomic mass is 32.1. The summed E-state index contributed by atoms with van der Waals surface area (Å²) < 4.78 is 8.24. The van der Waals surface area contributed by atoms with Gasteiger partial charge in [0.25, 0.3) is 0 Å². The number of nitrogens with zero attached hydrogens (tertiary/aromatic N) is 2. The number of H-pyrrole nitrogens is 1. The third-order valence-electron chi connectivity index (χ3n) is 3.61. The first-order valence-corrected chi connectivity index (χ1v) is 7.59. The second-order valence-electron chi connectivity index (χ2n) is 4.90.